The predicted molar refractivity (Wildman–Crippen MR) is 101 cm³/mol. The first kappa shape index (κ1) is 16.3. The van der Waals surface area contributed by atoms with Crippen molar-refractivity contribution in [2.75, 3.05) is 24.5 Å². The van der Waals surface area contributed by atoms with Crippen LogP contribution in [0.25, 0.3) is 11.0 Å². The molecule has 2 aromatic heterocycles. The van der Waals surface area contributed by atoms with E-state index in [2.05, 4.69) is 15.1 Å². The van der Waals surface area contributed by atoms with E-state index in [1.165, 1.54) is 0 Å². The highest BCUT2D eigenvalue weighted by Gasteiger charge is 2.26. The van der Waals surface area contributed by atoms with Gasteiger partial charge in [-0.2, -0.15) is 5.10 Å². The van der Waals surface area contributed by atoms with Crippen LogP contribution in [0.2, 0.25) is 0 Å². The van der Waals surface area contributed by atoms with Crippen molar-refractivity contribution in [2.24, 2.45) is 7.05 Å². The van der Waals surface area contributed by atoms with E-state index in [-0.39, 0.29) is 12.0 Å². The standard InChI is InChI=1S/C19H22N6O2/c1-23-17-3-2-12(8-16(17)21-19(23)25-6-4-14(26)11-25)18(27)24-7-5-15-13(10-24)9-20-22-15/h2-3,8-9,14,26H,4-7,10-11H2,1H3,(H,20,22)/t14-/m0/s1. The van der Waals surface area contributed by atoms with Gasteiger partial charge in [0.2, 0.25) is 5.95 Å². The molecule has 0 radical (unpaired) electrons. The van der Waals surface area contributed by atoms with Crippen LogP contribution in [0.3, 0.4) is 0 Å². The van der Waals surface area contributed by atoms with E-state index in [0.29, 0.717) is 25.2 Å². The first-order valence-electron chi connectivity index (χ1n) is 9.30. The molecule has 1 saturated heterocycles. The van der Waals surface area contributed by atoms with Gasteiger partial charge in [0.1, 0.15) is 0 Å². The van der Waals surface area contributed by atoms with Crippen LogP contribution in [-0.2, 0) is 20.0 Å². The van der Waals surface area contributed by atoms with Crippen molar-refractivity contribution in [3.05, 3.63) is 41.2 Å². The predicted octanol–water partition coefficient (Wildman–Crippen LogP) is 1.07. The summed E-state index contributed by atoms with van der Waals surface area (Å²) in [6.45, 7) is 2.67. The van der Waals surface area contributed by atoms with Gasteiger partial charge >= 0.3 is 0 Å². The molecule has 8 heteroatoms. The molecule has 0 spiro atoms. The molecular weight excluding hydrogens is 344 g/mol. The Balaban J connectivity index is 1.44. The second kappa shape index (κ2) is 6.09. The van der Waals surface area contributed by atoms with Crippen LogP contribution in [0.1, 0.15) is 28.0 Å². The van der Waals surface area contributed by atoms with Crippen molar-refractivity contribution < 1.29 is 9.90 Å². The summed E-state index contributed by atoms with van der Waals surface area (Å²) < 4.78 is 2.03. The zero-order valence-electron chi connectivity index (χ0n) is 15.2. The van der Waals surface area contributed by atoms with Crippen molar-refractivity contribution in [1.29, 1.82) is 0 Å². The fourth-order valence-electron chi connectivity index (χ4n) is 4.10. The Morgan fingerprint density at radius 2 is 2.22 bits per heavy atom. The Morgan fingerprint density at radius 1 is 1.33 bits per heavy atom. The Labute approximate surface area is 156 Å². The third kappa shape index (κ3) is 2.68. The van der Waals surface area contributed by atoms with E-state index in [9.17, 15) is 9.90 Å². The molecule has 1 atom stereocenters. The number of H-pyrrole nitrogens is 1. The molecule has 1 fully saturated rings. The van der Waals surface area contributed by atoms with E-state index in [1.54, 1.807) is 6.20 Å². The number of benzene rings is 1. The van der Waals surface area contributed by atoms with Gasteiger partial charge in [-0.1, -0.05) is 0 Å². The van der Waals surface area contributed by atoms with Crippen molar-refractivity contribution in [1.82, 2.24) is 24.6 Å². The number of rotatable bonds is 2. The van der Waals surface area contributed by atoms with Crippen molar-refractivity contribution in [3.63, 3.8) is 0 Å². The molecule has 0 aliphatic carbocycles. The van der Waals surface area contributed by atoms with E-state index in [1.807, 2.05) is 34.7 Å². The number of fused-ring (bicyclic) bond motifs is 2. The number of hydrogen-bond acceptors (Lipinski definition) is 5. The van der Waals surface area contributed by atoms with Gasteiger partial charge in [0.25, 0.3) is 5.91 Å². The number of β-amino-alcohol motifs (C(OH)–C–C–N with tert-alkyl or cyclic N) is 1. The van der Waals surface area contributed by atoms with Crippen molar-refractivity contribution in [3.8, 4) is 0 Å². The summed E-state index contributed by atoms with van der Waals surface area (Å²) in [5.74, 6) is 0.861. The van der Waals surface area contributed by atoms with Gasteiger partial charge in [0.15, 0.2) is 0 Å². The van der Waals surface area contributed by atoms with Crippen LogP contribution in [0.4, 0.5) is 5.95 Å². The van der Waals surface area contributed by atoms with Crippen LogP contribution in [0, 0.1) is 0 Å². The van der Waals surface area contributed by atoms with Gasteiger partial charge in [-0.3, -0.25) is 9.89 Å². The summed E-state index contributed by atoms with van der Waals surface area (Å²) in [4.78, 5) is 21.7. The molecule has 3 aromatic rings. The van der Waals surface area contributed by atoms with Crippen LogP contribution >= 0.6 is 0 Å². The number of hydrogen-bond donors (Lipinski definition) is 2. The second-order valence-corrected chi connectivity index (χ2v) is 7.41. The molecule has 5 rings (SSSR count). The van der Waals surface area contributed by atoms with Gasteiger partial charge in [-0.25, -0.2) is 4.98 Å². The summed E-state index contributed by atoms with van der Waals surface area (Å²) >= 11 is 0. The fraction of sp³-hybridized carbons (Fsp3) is 0.421. The molecule has 2 aliphatic rings. The molecule has 2 N–H and O–H groups in total. The van der Waals surface area contributed by atoms with Crippen LogP contribution in [0.5, 0.6) is 0 Å². The topological polar surface area (TPSA) is 90.3 Å². The quantitative estimate of drug-likeness (QED) is 0.708. The molecule has 0 unspecified atom stereocenters. The van der Waals surface area contributed by atoms with E-state index in [0.717, 1.165) is 47.6 Å². The minimum Gasteiger partial charge on any atom is -0.391 e. The minimum atomic E-state index is -0.297. The third-order valence-electron chi connectivity index (χ3n) is 5.64. The lowest BCUT2D eigenvalue weighted by atomic mass is 10.1. The van der Waals surface area contributed by atoms with Crippen LogP contribution < -0.4 is 4.90 Å². The normalized spacial score (nSPS) is 19.7. The number of aromatic nitrogens is 4. The van der Waals surface area contributed by atoms with Crippen LogP contribution in [-0.4, -0.2) is 61.4 Å². The summed E-state index contributed by atoms with van der Waals surface area (Å²) in [5, 5.41) is 16.9. The number of carbonyl (C=O) groups is 1. The Kier molecular flexibility index (Phi) is 3.68. The first-order valence-corrected chi connectivity index (χ1v) is 9.30. The molecule has 0 bridgehead atoms. The summed E-state index contributed by atoms with van der Waals surface area (Å²) in [6, 6.07) is 5.71. The maximum absolute atomic E-state index is 13.0. The molecule has 1 aromatic carbocycles. The Bertz CT molecular complexity index is 1020. The van der Waals surface area contributed by atoms with Crippen LogP contribution in [0.15, 0.2) is 24.4 Å². The highest BCUT2D eigenvalue weighted by molar-refractivity contribution is 5.97. The number of aryl methyl sites for hydroxylation is 1. The van der Waals surface area contributed by atoms with Crippen molar-refractivity contribution >= 4 is 22.9 Å². The lowest BCUT2D eigenvalue weighted by molar-refractivity contribution is 0.0734. The maximum atomic E-state index is 13.0. The maximum Gasteiger partial charge on any atom is 0.254 e. The monoisotopic (exact) mass is 366 g/mol. The minimum absolute atomic E-state index is 0.0209. The van der Waals surface area contributed by atoms with Gasteiger partial charge in [0, 0.05) is 56.5 Å². The molecule has 27 heavy (non-hydrogen) atoms. The van der Waals surface area contributed by atoms with Gasteiger partial charge in [-0.05, 0) is 24.6 Å². The molecule has 0 saturated carbocycles. The van der Waals surface area contributed by atoms with Gasteiger partial charge in [0.05, 0.1) is 23.3 Å². The Morgan fingerprint density at radius 3 is 3.04 bits per heavy atom. The van der Waals surface area contributed by atoms with Gasteiger partial charge in [-0.15, -0.1) is 0 Å². The highest BCUT2D eigenvalue weighted by atomic mass is 16.3. The van der Waals surface area contributed by atoms with Gasteiger partial charge < -0.3 is 19.5 Å². The number of imidazole rings is 1. The number of aromatic amines is 1. The third-order valence-corrected chi connectivity index (χ3v) is 5.64. The molecule has 4 heterocycles. The molecule has 1 amide bonds. The summed E-state index contributed by atoms with van der Waals surface area (Å²) in [7, 11) is 1.97. The number of anilines is 1. The Hall–Kier alpha value is -2.87. The zero-order valence-corrected chi connectivity index (χ0v) is 15.2. The number of nitrogens with one attached hydrogen (secondary N) is 1. The number of aliphatic hydroxyl groups is 1. The van der Waals surface area contributed by atoms with E-state index in [4.69, 9.17) is 4.98 Å². The fourth-order valence-corrected chi connectivity index (χ4v) is 4.10. The highest BCUT2D eigenvalue weighted by Crippen LogP contribution is 2.26. The zero-order chi connectivity index (χ0) is 18.5. The largest absolute Gasteiger partial charge is 0.391 e. The smallest absolute Gasteiger partial charge is 0.254 e. The number of aliphatic hydroxyl groups excluding tert-OH is 1. The number of carbonyl (C=O) groups excluding carboxylic acids is 1. The first-order chi connectivity index (χ1) is 13.1. The average molecular weight is 366 g/mol. The average Bonchev–Trinajstić information content (AvgIpc) is 3.39. The molecule has 8 nitrogen and oxygen atoms in total. The summed E-state index contributed by atoms with van der Waals surface area (Å²) in [6.07, 6.45) is 3.06. The number of nitrogens with zero attached hydrogens (tertiary/aromatic N) is 5. The lowest BCUT2D eigenvalue weighted by Gasteiger charge is -2.26. The molecule has 140 valence electrons. The number of amides is 1. The van der Waals surface area contributed by atoms with Crippen molar-refractivity contribution in [2.45, 2.75) is 25.5 Å². The van der Waals surface area contributed by atoms with E-state index >= 15 is 0 Å². The lowest BCUT2D eigenvalue weighted by Crippen LogP contribution is -2.35. The molecular formula is C19H22N6O2. The molecule has 2 aliphatic heterocycles. The SMILES string of the molecule is Cn1c(N2CC[C@H](O)C2)nc2cc(C(=O)N3CCc4[nH]ncc4C3)ccc21. The second-order valence-electron chi connectivity index (χ2n) is 7.41. The van der Waals surface area contributed by atoms with E-state index < -0.39 is 0 Å². The summed E-state index contributed by atoms with van der Waals surface area (Å²) in [5.41, 5.74) is 4.65.